The zero-order valence-electron chi connectivity index (χ0n) is 7.39. The van der Waals surface area contributed by atoms with Crippen LogP contribution in [0.15, 0.2) is 18.2 Å². The maximum atomic E-state index is 3.17. The summed E-state index contributed by atoms with van der Waals surface area (Å²) < 4.78 is 0. The molecule has 0 amide bonds. The lowest BCUT2D eigenvalue weighted by Crippen LogP contribution is -2.08. The molecule has 1 heteroatoms. The Kier molecular flexibility index (Phi) is 2.53. The molecule has 0 N–H and O–H groups in total. The van der Waals surface area contributed by atoms with E-state index in [-0.39, 0.29) is 0 Å². The summed E-state index contributed by atoms with van der Waals surface area (Å²) in [6, 6.07) is 9.42. The number of hydrogen-bond donors (Lipinski definition) is 0. The largest absolute Gasteiger partial charge is 0.377 e. The Bertz CT molecular complexity index is 228. The van der Waals surface area contributed by atoms with Crippen LogP contribution in [0.25, 0.3) is 0 Å². The van der Waals surface area contributed by atoms with Gasteiger partial charge in [0.15, 0.2) is 0 Å². The average molecular weight is 148 g/mol. The van der Waals surface area contributed by atoms with Crippen molar-refractivity contribution in [1.82, 2.24) is 0 Å². The predicted octanol–water partition coefficient (Wildman–Crippen LogP) is 2.12. The van der Waals surface area contributed by atoms with Crippen molar-refractivity contribution in [1.29, 1.82) is 0 Å². The first-order valence-corrected chi connectivity index (χ1v) is 3.92. The molecule has 0 atom stereocenters. The number of aryl methyl sites for hydroxylation is 1. The second-order valence-corrected chi connectivity index (χ2v) is 2.83. The maximum Gasteiger partial charge on any atom is 0.0444 e. The fourth-order valence-corrected chi connectivity index (χ4v) is 0.978. The van der Waals surface area contributed by atoms with Crippen LogP contribution >= 0.6 is 0 Å². The summed E-state index contributed by atoms with van der Waals surface area (Å²) in [6.45, 7) is 2.16. The monoisotopic (exact) mass is 148 g/mol. The molecule has 0 aliphatic carbocycles. The van der Waals surface area contributed by atoms with Crippen molar-refractivity contribution in [3.63, 3.8) is 0 Å². The SMILES string of the molecule is CCc1cc[c]c(N(C)C)c1. The van der Waals surface area contributed by atoms with Crippen LogP contribution in [0.4, 0.5) is 5.69 Å². The average Bonchev–Trinajstić information content (AvgIpc) is 2.05. The maximum absolute atomic E-state index is 3.17. The van der Waals surface area contributed by atoms with Gasteiger partial charge in [-0.15, -0.1) is 0 Å². The molecule has 0 bridgehead atoms. The molecule has 0 aliphatic rings. The summed E-state index contributed by atoms with van der Waals surface area (Å²) in [4.78, 5) is 2.07. The number of benzene rings is 1. The molecule has 0 aromatic heterocycles. The first-order chi connectivity index (χ1) is 5.24. The van der Waals surface area contributed by atoms with E-state index < -0.39 is 0 Å². The Morgan fingerprint density at radius 1 is 1.45 bits per heavy atom. The minimum absolute atomic E-state index is 1.09. The number of anilines is 1. The number of nitrogens with zero attached hydrogens (tertiary/aromatic N) is 1. The highest BCUT2D eigenvalue weighted by Gasteiger charge is 1.94. The zero-order valence-corrected chi connectivity index (χ0v) is 7.39. The Hall–Kier alpha value is -0.980. The predicted molar refractivity (Wildman–Crippen MR) is 49.0 cm³/mol. The van der Waals surface area contributed by atoms with E-state index in [0.717, 1.165) is 12.1 Å². The van der Waals surface area contributed by atoms with Gasteiger partial charge in [-0.2, -0.15) is 0 Å². The summed E-state index contributed by atoms with van der Waals surface area (Å²) in [6.07, 6.45) is 1.09. The van der Waals surface area contributed by atoms with Gasteiger partial charge in [0.05, 0.1) is 0 Å². The Labute approximate surface area is 68.7 Å². The number of hydrogen-bond acceptors (Lipinski definition) is 1. The van der Waals surface area contributed by atoms with Gasteiger partial charge in [0, 0.05) is 25.8 Å². The molecule has 0 spiro atoms. The van der Waals surface area contributed by atoms with E-state index in [0.29, 0.717) is 0 Å². The normalized spacial score (nSPS) is 9.73. The molecular formula is C10H14N. The van der Waals surface area contributed by atoms with E-state index in [1.807, 2.05) is 20.2 Å². The van der Waals surface area contributed by atoms with Crippen LogP contribution in [0.1, 0.15) is 12.5 Å². The van der Waals surface area contributed by atoms with E-state index in [2.05, 4.69) is 30.0 Å². The molecule has 0 fully saturated rings. The van der Waals surface area contributed by atoms with Crippen molar-refractivity contribution in [3.05, 3.63) is 29.8 Å². The first kappa shape index (κ1) is 8.12. The molecule has 1 radical (unpaired) electrons. The quantitative estimate of drug-likeness (QED) is 0.621. The summed E-state index contributed by atoms with van der Waals surface area (Å²) in [5.74, 6) is 0. The standard InChI is InChI=1S/C10H14N/c1-4-9-6-5-7-10(8-9)11(2)3/h5-6,8H,4H2,1-3H3. The van der Waals surface area contributed by atoms with Gasteiger partial charge in [0.1, 0.15) is 0 Å². The molecule has 11 heavy (non-hydrogen) atoms. The molecule has 0 aliphatic heterocycles. The van der Waals surface area contributed by atoms with Crippen LogP contribution in [0.5, 0.6) is 0 Å². The molecule has 0 heterocycles. The van der Waals surface area contributed by atoms with E-state index in [1.165, 1.54) is 5.56 Å². The van der Waals surface area contributed by atoms with E-state index >= 15 is 0 Å². The summed E-state index contributed by atoms with van der Waals surface area (Å²) in [5.41, 5.74) is 2.52. The zero-order chi connectivity index (χ0) is 8.27. The van der Waals surface area contributed by atoms with E-state index in [4.69, 9.17) is 0 Å². The van der Waals surface area contributed by atoms with Crippen molar-refractivity contribution < 1.29 is 0 Å². The number of rotatable bonds is 2. The molecular weight excluding hydrogens is 134 g/mol. The van der Waals surface area contributed by atoms with E-state index in [9.17, 15) is 0 Å². The fraction of sp³-hybridized carbons (Fsp3) is 0.400. The van der Waals surface area contributed by atoms with Crippen molar-refractivity contribution >= 4 is 5.69 Å². The van der Waals surface area contributed by atoms with Gasteiger partial charge in [-0.05, 0) is 18.1 Å². The molecule has 59 valence electrons. The van der Waals surface area contributed by atoms with Crippen molar-refractivity contribution in [3.8, 4) is 0 Å². The van der Waals surface area contributed by atoms with Crippen molar-refractivity contribution in [2.45, 2.75) is 13.3 Å². The third-order valence-corrected chi connectivity index (χ3v) is 1.74. The third kappa shape index (κ3) is 1.97. The van der Waals surface area contributed by atoms with E-state index in [1.54, 1.807) is 0 Å². The van der Waals surface area contributed by atoms with Gasteiger partial charge in [0.2, 0.25) is 0 Å². The Morgan fingerprint density at radius 2 is 2.18 bits per heavy atom. The molecule has 0 saturated heterocycles. The molecule has 1 aromatic rings. The van der Waals surface area contributed by atoms with Crippen LogP contribution in [-0.2, 0) is 6.42 Å². The molecule has 1 aromatic carbocycles. The lowest BCUT2D eigenvalue weighted by molar-refractivity contribution is 1.09. The fourth-order valence-electron chi connectivity index (χ4n) is 0.978. The van der Waals surface area contributed by atoms with Crippen LogP contribution < -0.4 is 4.90 Å². The van der Waals surface area contributed by atoms with Gasteiger partial charge < -0.3 is 4.90 Å². The highest BCUT2D eigenvalue weighted by atomic mass is 15.1. The lowest BCUT2D eigenvalue weighted by Gasteiger charge is -2.12. The molecule has 0 unspecified atom stereocenters. The van der Waals surface area contributed by atoms with Crippen LogP contribution in [0.3, 0.4) is 0 Å². The summed E-state index contributed by atoms with van der Waals surface area (Å²) >= 11 is 0. The minimum Gasteiger partial charge on any atom is -0.377 e. The highest BCUT2D eigenvalue weighted by Crippen LogP contribution is 2.12. The Morgan fingerprint density at radius 3 is 2.73 bits per heavy atom. The van der Waals surface area contributed by atoms with Crippen LogP contribution in [-0.4, -0.2) is 14.1 Å². The minimum atomic E-state index is 1.09. The first-order valence-electron chi connectivity index (χ1n) is 3.92. The molecule has 1 nitrogen and oxygen atoms in total. The van der Waals surface area contributed by atoms with Crippen molar-refractivity contribution in [2.24, 2.45) is 0 Å². The lowest BCUT2D eigenvalue weighted by atomic mass is 10.1. The van der Waals surface area contributed by atoms with Gasteiger partial charge in [-0.25, -0.2) is 0 Å². The molecule has 1 rings (SSSR count). The topological polar surface area (TPSA) is 3.24 Å². The van der Waals surface area contributed by atoms with Gasteiger partial charge in [-0.3, -0.25) is 0 Å². The smallest absolute Gasteiger partial charge is 0.0444 e. The third-order valence-electron chi connectivity index (χ3n) is 1.74. The van der Waals surface area contributed by atoms with Crippen LogP contribution in [0, 0.1) is 6.07 Å². The summed E-state index contributed by atoms with van der Waals surface area (Å²) in [5, 5.41) is 0. The summed E-state index contributed by atoms with van der Waals surface area (Å²) in [7, 11) is 4.07. The van der Waals surface area contributed by atoms with Gasteiger partial charge in [-0.1, -0.05) is 19.1 Å². The van der Waals surface area contributed by atoms with Gasteiger partial charge in [0.25, 0.3) is 0 Å². The van der Waals surface area contributed by atoms with Crippen molar-refractivity contribution in [2.75, 3.05) is 19.0 Å². The molecule has 0 saturated carbocycles. The second kappa shape index (κ2) is 3.42. The highest BCUT2D eigenvalue weighted by molar-refractivity contribution is 5.45. The van der Waals surface area contributed by atoms with Crippen LogP contribution in [0.2, 0.25) is 0 Å². The van der Waals surface area contributed by atoms with Gasteiger partial charge >= 0.3 is 0 Å². The Balaban J connectivity index is 2.91. The second-order valence-electron chi connectivity index (χ2n) is 2.83.